The predicted octanol–water partition coefficient (Wildman–Crippen LogP) is 3.19. The topological polar surface area (TPSA) is 89.3 Å². The first-order valence-corrected chi connectivity index (χ1v) is 6.66. The Morgan fingerprint density at radius 1 is 1.15 bits per heavy atom. The average Bonchev–Trinajstić information content (AvgIpc) is 2.29. The number of ketones is 1. The summed E-state index contributed by atoms with van der Waals surface area (Å²) < 4.78 is 0. The van der Waals surface area contributed by atoms with E-state index in [1.54, 1.807) is 19.1 Å². The molecule has 0 saturated carbocycles. The molecule has 0 atom stereocenters. The maximum atomic E-state index is 11.0. The van der Waals surface area contributed by atoms with Gasteiger partial charge in [-0.25, -0.2) is 0 Å². The van der Waals surface area contributed by atoms with Crippen LogP contribution < -0.4 is 11.5 Å². The largest absolute Gasteiger partial charge is 0.508 e. The molecule has 0 radical (unpaired) electrons. The maximum Gasteiger partial charge on any atom is 0.156 e. The van der Waals surface area contributed by atoms with Crippen LogP contribution in [0.25, 0.3) is 0 Å². The summed E-state index contributed by atoms with van der Waals surface area (Å²) in [6, 6.07) is 3.11. The van der Waals surface area contributed by atoms with Crippen LogP contribution in [0, 0.1) is 12.3 Å². The van der Waals surface area contributed by atoms with E-state index < -0.39 is 0 Å². The molecule has 0 heterocycles. The first-order valence-electron chi connectivity index (χ1n) is 6.66. The summed E-state index contributed by atoms with van der Waals surface area (Å²) in [6.45, 7) is 8.03. The fourth-order valence-electron chi connectivity index (χ4n) is 2.40. The van der Waals surface area contributed by atoms with Crippen LogP contribution in [0.4, 0.5) is 11.4 Å². The molecule has 1 aliphatic rings. The summed E-state index contributed by atoms with van der Waals surface area (Å²) in [5, 5.41) is 9.09. The molecule has 0 bridgehead atoms. The monoisotopic (exact) mass is 276 g/mol. The second-order valence-corrected chi connectivity index (χ2v) is 6.19. The number of carbonyl (C=O) groups is 1. The zero-order chi connectivity index (χ0) is 15.5. The Hall–Kier alpha value is -1.97. The number of rotatable bonds is 0. The number of hydrogen-bond acceptors (Lipinski definition) is 4. The fourth-order valence-corrected chi connectivity index (χ4v) is 2.40. The van der Waals surface area contributed by atoms with Crippen LogP contribution >= 0.6 is 0 Å². The van der Waals surface area contributed by atoms with Gasteiger partial charge in [-0.2, -0.15) is 0 Å². The van der Waals surface area contributed by atoms with Crippen molar-refractivity contribution < 1.29 is 9.90 Å². The number of nitrogen functional groups attached to an aromatic ring is 2. The number of allylic oxidation sites excluding steroid dienone is 2. The molecule has 0 aromatic heterocycles. The third-order valence-corrected chi connectivity index (χ3v) is 3.34. The first kappa shape index (κ1) is 16.1. The molecule has 5 N–H and O–H groups in total. The first-order chi connectivity index (χ1) is 9.12. The van der Waals surface area contributed by atoms with Crippen LogP contribution in [0.5, 0.6) is 5.75 Å². The minimum atomic E-state index is 0.187. The van der Waals surface area contributed by atoms with Gasteiger partial charge >= 0.3 is 0 Å². The fraction of sp³-hybridized carbons (Fsp3) is 0.438. The molecule has 0 unspecified atom stereocenters. The van der Waals surface area contributed by atoms with Gasteiger partial charge < -0.3 is 16.6 Å². The summed E-state index contributed by atoms with van der Waals surface area (Å²) >= 11 is 0. The summed E-state index contributed by atoms with van der Waals surface area (Å²) in [5.74, 6) is 0.473. The summed E-state index contributed by atoms with van der Waals surface area (Å²) in [5.41, 5.74) is 14.0. The predicted molar refractivity (Wildman–Crippen MR) is 83.4 cm³/mol. The number of phenols is 1. The number of phenolic OH excluding ortho intramolecular Hbond substituents is 1. The number of anilines is 2. The van der Waals surface area contributed by atoms with Gasteiger partial charge in [0.1, 0.15) is 5.75 Å². The molecular formula is C16H24N2O2. The molecule has 0 saturated heterocycles. The second-order valence-electron chi connectivity index (χ2n) is 6.19. The molecule has 110 valence electrons. The zero-order valence-corrected chi connectivity index (χ0v) is 12.7. The minimum absolute atomic E-state index is 0.187. The van der Waals surface area contributed by atoms with Crippen molar-refractivity contribution in [1.82, 2.24) is 0 Å². The lowest BCUT2D eigenvalue weighted by molar-refractivity contribution is -0.117. The van der Waals surface area contributed by atoms with Gasteiger partial charge in [0.05, 0.1) is 11.4 Å². The molecule has 2 rings (SSSR count). The van der Waals surface area contributed by atoms with Crippen LogP contribution in [0.3, 0.4) is 0 Å². The second kappa shape index (κ2) is 5.99. The van der Waals surface area contributed by atoms with E-state index in [4.69, 9.17) is 16.6 Å². The molecule has 0 amide bonds. The zero-order valence-electron chi connectivity index (χ0n) is 12.7. The van der Waals surface area contributed by atoms with E-state index >= 15 is 0 Å². The molecule has 1 aromatic rings. The highest BCUT2D eigenvalue weighted by Gasteiger charge is 2.25. The highest BCUT2D eigenvalue weighted by Crippen LogP contribution is 2.32. The van der Waals surface area contributed by atoms with E-state index in [0.29, 0.717) is 23.4 Å². The lowest BCUT2D eigenvalue weighted by atomic mass is 9.77. The number of benzene rings is 1. The van der Waals surface area contributed by atoms with Crippen LogP contribution in [0.2, 0.25) is 0 Å². The molecule has 4 heteroatoms. The Bertz CT molecular complexity index is 519. The van der Waals surface area contributed by atoms with E-state index in [0.717, 1.165) is 6.42 Å². The van der Waals surface area contributed by atoms with Gasteiger partial charge in [0.15, 0.2) is 5.78 Å². The van der Waals surface area contributed by atoms with E-state index in [1.165, 1.54) is 11.6 Å². The van der Waals surface area contributed by atoms with Crippen molar-refractivity contribution in [3.8, 4) is 5.75 Å². The van der Waals surface area contributed by atoms with Crippen LogP contribution in [-0.4, -0.2) is 10.9 Å². The highest BCUT2D eigenvalue weighted by molar-refractivity contribution is 5.91. The van der Waals surface area contributed by atoms with Gasteiger partial charge in [0.2, 0.25) is 0 Å². The Kier molecular flexibility index (Phi) is 4.82. The molecule has 0 spiro atoms. The SMILES string of the molecule is CC1=CC(=O)CC(C)(C)C1.Cc1c(O)ccc(N)c1N. The van der Waals surface area contributed by atoms with Gasteiger partial charge in [-0.05, 0) is 43.9 Å². The Labute approximate surface area is 120 Å². The average molecular weight is 276 g/mol. The Morgan fingerprint density at radius 2 is 1.75 bits per heavy atom. The maximum absolute atomic E-state index is 11.0. The van der Waals surface area contributed by atoms with Crippen LogP contribution in [-0.2, 0) is 4.79 Å². The summed E-state index contributed by atoms with van der Waals surface area (Å²) in [7, 11) is 0. The van der Waals surface area contributed by atoms with Crippen molar-refractivity contribution in [3.63, 3.8) is 0 Å². The lowest BCUT2D eigenvalue weighted by Gasteiger charge is -2.27. The van der Waals surface area contributed by atoms with Gasteiger partial charge in [-0.15, -0.1) is 0 Å². The molecule has 1 aliphatic carbocycles. The normalized spacial score (nSPS) is 17.0. The number of aromatic hydroxyl groups is 1. The van der Waals surface area contributed by atoms with Crippen molar-refractivity contribution in [3.05, 3.63) is 29.3 Å². The van der Waals surface area contributed by atoms with Crippen molar-refractivity contribution in [2.75, 3.05) is 11.5 Å². The highest BCUT2D eigenvalue weighted by atomic mass is 16.3. The van der Waals surface area contributed by atoms with Crippen molar-refractivity contribution in [2.45, 2.75) is 40.5 Å². The minimum Gasteiger partial charge on any atom is -0.508 e. The smallest absolute Gasteiger partial charge is 0.156 e. The van der Waals surface area contributed by atoms with E-state index in [2.05, 4.69) is 13.8 Å². The van der Waals surface area contributed by atoms with E-state index in [1.807, 2.05) is 6.92 Å². The third kappa shape index (κ3) is 4.30. The third-order valence-electron chi connectivity index (χ3n) is 3.34. The quantitative estimate of drug-likeness (QED) is 0.501. The van der Waals surface area contributed by atoms with Crippen LogP contribution in [0.15, 0.2) is 23.8 Å². The van der Waals surface area contributed by atoms with Gasteiger partial charge in [-0.3, -0.25) is 4.79 Å². The lowest BCUT2D eigenvalue weighted by Crippen LogP contribution is -2.20. The Balaban J connectivity index is 0.000000200. The molecule has 20 heavy (non-hydrogen) atoms. The Morgan fingerprint density at radius 3 is 2.20 bits per heavy atom. The van der Waals surface area contributed by atoms with E-state index in [9.17, 15) is 4.79 Å². The molecule has 0 aliphatic heterocycles. The number of carbonyl (C=O) groups excluding carboxylic acids is 1. The molecule has 4 nitrogen and oxygen atoms in total. The number of nitrogens with two attached hydrogens (primary N) is 2. The molecule has 0 fully saturated rings. The van der Waals surface area contributed by atoms with Gasteiger partial charge in [0, 0.05) is 12.0 Å². The van der Waals surface area contributed by atoms with Crippen molar-refractivity contribution in [1.29, 1.82) is 0 Å². The standard InChI is InChI=1S/C9H14O.C7H10N2O/c1-7-4-8(10)6-9(2,3)5-7;1-4-6(10)3-2-5(8)7(4)9/h4H,5-6H2,1-3H3;2-3,10H,8-9H2,1H3. The molecular weight excluding hydrogens is 252 g/mol. The van der Waals surface area contributed by atoms with Gasteiger partial charge in [0.25, 0.3) is 0 Å². The number of hydrogen-bond donors (Lipinski definition) is 3. The van der Waals surface area contributed by atoms with Gasteiger partial charge in [-0.1, -0.05) is 19.4 Å². The van der Waals surface area contributed by atoms with E-state index in [-0.39, 0.29) is 16.9 Å². The van der Waals surface area contributed by atoms with Crippen molar-refractivity contribution >= 4 is 17.2 Å². The van der Waals surface area contributed by atoms with Crippen LogP contribution in [0.1, 0.15) is 39.2 Å². The summed E-state index contributed by atoms with van der Waals surface area (Å²) in [4.78, 5) is 11.0. The van der Waals surface area contributed by atoms with Crippen molar-refractivity contribution in [2.24, 2.45) is 5.41 Å². The summed E-state index contributed by atoms with van der Waals surface area (Å²) in [6.07, 6.45) is 3.55. The molecule has 1 aromatic carbocycles.